The van der Waals surface area contributed by atoms with E-state index in [-0.39, 0.29) is 15.6 Å². The second-order valence-electron chi connectivity index (χ2n) is 5.15. The smallest absolute Gasteiger partial charge is 0.279 e. The zero-order valence-corrected chi connectivity index (χ0v) is 15.4. The summed E-state index contributed by atoms with van der Waals surface area (Å²) < 4.78 is 61.5. The lowest BCUT2D eigenvalue weighted by atomic mass is 9.92. The second-order valence-corrected chi connectivity index (χ2v) is 8.99. The first kappa shape index (κ1) is 18.8. The molecule has 0 N–H and O–H groups in total. The number of hydrogen-bond donors (Lipinski definition) is 0. The average Bonchev–Trinajstić information content (AvgIpc) is 3.17. The fourth-order valence-electron chi connectivity index (χ4n) is 2.54. The number of benzene rings is 1. The molecule has 3 rings (SSSR count). The number of allylic oxidation sites excluding steroid dienone is 1. The van der Waals surface area contributed by atoms with Crippen LogP contribution in [0.1, 0.15) is 5.56 Å². The first-order chi connectivity index (χ1) is 11.6. The second kappa shape index (κ2) is 6.29. The Morgan fingerprint density at radius 3 is 2.28 bits per heavy atom. The van der Waals surface area contributed by atoms with Crippen molar-refractivity contribution in [3.63, 3.8) is 0 Å². The standard InChI is InChI=1S/C14H9Cl2F3N2O2S2/c15-9-6-8(25(22,23)14(17,18)19)7-10(16)11(9)13(2-1-3-21-13)12-20-4-5-24-12/h1-3,6-7H,4-5H2. The molecule has 1 atom stereocenters. The van der Waals surface area contributed by atoms with Crippen LogP contribution >= 0.6 is 35.0 Å². The summed E-state index contributed by atoms with van der Waals surface area (Å²) in [6.45, 7) is 0.570. The zero-order chi connectivity index (χ0) is 18.5. The maximum atomic E-state index is 12.8. The zero-order valence-electron chi connectivity index (χ0n) is 12.2. The molecule has 2 heterocycles. The number of rotatable bonds is 3. The summed E-state index contributed by atoms with van der Waals surface area (Å²) in [5, 5.41) is 0.149. The molecular formula is C14H9Cl2F3N2O2S2. The number of nitrogens with zero attached hydrogens (tertiary/aromatic N) is 2. The molecule has 1 unspecified atom stereocenters. The monoisotopic (exact) mass is 428 g/mol. The van der Waals surface area contributed by atoms with Crippen LogP contribution in [0.3, 0.4) is 0 Å². The van der Waals surface area contributed by atoms with Crippen molar-refractivity contribution in [2.45, 2.75) is 15.9 Å². The normalized spacial score (nSPS) is 23.3. The van der Waals surface area contributed by atoms with E-state index in [2.05, 4.69) is 9.98 Å². The molecule has 4 nitrogen and oxygen atoms in total. The van der Waals surface area contributed by atoms with Crippen molar-refractivity contribution in [1.29, 1.82) is 0 Å². The summed E-state index contributed by atoms with van der Waals surface area (Å²) in [7, 11) is -5.56. The van der Waals surface area contributed by atoms with Crippen LogP contribution in [-0.2, 0) is 15.4 Å². The summed E-state index contributed by atoms with van der Waals surface area (Å²) in [5.74, 6) is 0.732. The molecule has 2 aliphatic heterocycles. The lowest BCUT2D eigenvalue weighted by molar-refractivity contribution is -0.0436. The summed E-state index contributed by atoms with van der Waals surface area (Å²) in [6.07, 6.45) is 4.83. The van der Waals surface area contributed by atoms with Gasteiger partial charge in [-0.1, -0.05) is 23.2 Å². The van der Waals surface area contributed by atoms with Crippen LogP contribution in [0.2, 0.25) is 10.0 Å². The highest BCUT2D eigenvalue weighted by Gasteiger charge is 2.48. The molecule has 11 heteroatoms. The summed E-state index contributed by atoms with van der Waals surface area (Å²) in [4.78, 5) is 7.70. The van der Waals surface area contributed by atoms with Gasteiger partial charge >= 0.3 is 5.51 Å². The molecule has 134 valence electrons. The van der Waals surface area contributed by atoms with E-state index < -0.39 is 25.8 Å². The van der Waals surface area contributed by atoms with Crippen LogP contribution in [0, 0.1) is 0 Å². The van der Waals surface area contributed by atoms with E-state index in [1.165, 1.54) is 18.0 Å². The molecule has 0 saturated carbocycles. The summed E-state index contributed by atoms with van der Waals surface area (Å²) in [5.41, 5.74) is -6.39. The molecule has 1 aromatic rings. The Labute approximate surface area is 155 Å². The minimum absolute atomic E-state index is 0.204. The van der Waals surface area contributed by atoms with Gasteiger partial charge in [-0.15, -0.1) is 11.8 Å². The van der Waals surface area contributed by atoms with Crippen LogP contribution in [0.5, 0.6) is 0 Å². The third-order valence-corrected chi connectivity index (χ3v) is 6.79. The Kier molecular flexibility index (Phi) is 4.72. The molecule has 0 amide bonds. The molecule has 0 fully saturated rings. The summed E-state index contributed by atoms with van der Waals surface area (Å²) >= 11 is 13.7. The fraction of sp³-hybridized carbons (Fsp3) is 0.286. The first-order valence-electron chi connectivity index (χ1n) is 6.81. The number of halogens is 5. The fourth-order valence-corrected chi connectivity index (χ4v) is 5.25. The van der Waals surface area contributed by atoms with Gasteiger partial charge in [-0.05, 0) is 24.3 Å². The van der Waals surface area contributed by atoms with Crippen LogP contribution < -0.4 is 0 Å². The van der Waals surface area contributed by atoms with Crippen molar-refractivity contribution in [1.82, 2.24) is 0 Å². The van der Waals surface area contributed by atoms with Gasteiger partial charge in [-0.3, -0.25) is 9.98 Å². The van der Waals surface area contributed by atoms with Crippen molar-refractivity contribution >= 4 is 56.1 Å². The van der Waals surface area contributed by atoms with Gasteiger partial charge in [-0.2, -0.15) is 13.2 Å². The molecule has 0 radical (unpaired) electrons. The molecule has 0 bridgehead atoms. The van der Waals surface area contributed by atoms with Gasteiger partial charge in [0.15, 0.2) is 5.54 Å². The Hall–Kier alpha value is -1.03. The van der Waals surface area contributed by atoms with Crippen LogP contribution in [0.15, 0.2) is 39.2 Å². The van der Waals surface area contributed by atoms with Gasteiger partial charge in [0, 0.05) is 34.1 Å². The van der Waals surface area contributed by atoms with E-state index >= 15 is 0 Å². The van der Waals surface area contributed by atoms with Gasteiger partial charge in [0.25, 0.3) is 9.84 Å². The van der Waals surface area contributed by atoms with E-state index in [1.807, 2.05) is 0 Å². The van der Waals surface area contributed by atoms with E-state index in [0.717, 1.165) is 17.9 Å². The lowest BCUT2D eigenvalue weighted by Gasteiger charge is -2.27. The van der Waals surface area contributed by atoms with Crippen LogP contribution in [0.4, 0.5) is 13.2 Å². The molecule has 0 aromatic heterocycles. The first-order valence-corrected chi connectivity index (χ1v) is 10.0. The van der Waals surface area contributed by atoms with Crippen molar-refractivity contribution in [3.05, 3.63) is 39.9 Å². The highest BCUT2D eigenvalue weighted by molar-refractivity contribution is 8.14. The highest BCUT2D eigenvalue weighted by Crippen LogP contribution is 2.46. The van der Waals surface area contributed by atoms with Gasteiger partial charge in [0.1, 0.15) is 5.04 Å². The maximum Gasteiger partial charge on any atom is 0.501 e. The van der Waals surface area contributed by atoms with Gasteiger partial charge in [-0.25, -0.2) is 8.42 Å². The molecular weight excluding hydrogens is 420 g/mol. The Morgan fingerprint density at radius 2 is 1.84 bits per heavy atom. The third kappa shape index (κ3) is 3.01. The Balaban J connectivity index is 2.20. The quantitative estimate of drug-likeness (QED) is 0.721. The predicted molar refractivity (Wildman–Crippen MR) is 93.8 cm³/mol. The average molecular weight is 429 g/mol. The third-order valence-electron chi connectivity index (χ3n) is 3.62. The minimum Gasteiger partial charge on any atom is -0.279 e. The maximum absolute atomic E-state index is 12.8. The Morgan fingerprint density at radius 1 is 1.20 bits per heavy atom. The van der Waals surface area contributed by atoms with Crippen molar-refractivity contribution in [3.8, 4) is 0 Å². The minimum atomic E-state index is -5.56. The lowest BCUT2D eigenvalue weighted by Crippen LogP contribution is -2.29. The van der Waals surface area contributed by atoms with Gasteiger partial charge in [0.2, 0.25) is 0 Å². The summed E-state index contributed by atoms with van der Waals surface area (Å²) in [6, 6.07) is 1.49. The van der Waals surface area contributed by atoms with Crippen molar-refractivity contribution in [2.24, 2.45) is 9.98 Å². The number of sulfone groups is 1. The SMILES string of the molecule is O=S(=O)(c1cc(Cl)c(C2(C3=NCCS3)C=CC=N2)c(Cl)c1)C(F)(F)F. The van der Waals surface area contributed by atoms with Crippen LogP contribution in [0.25, 0.3) is 0 Å². The highest BCUT2D eigenvalue weighted by atomic mass is 35.5. The largest absolute Gasteiger partial charge is 0.501 e. The molecule has 2 aliphatic rings. The van der Waals surface area contributed by atoms with Crippen molar-refractivity contribution < 1.29 is 21.6 Å². The number of aliphatic imine (C=N–C) groups is 2. The van der Waals surface area contributed by atoms with Crippen molar-refractivity contribution in [2.75, 3.05) is 12.3 Å². The van der Waals surface area contributed by atoms with E-state index in [0.29, 0.717) is 11.6 Å². The number of alkyl halides is 3. The predicted octanol–water partition coefficient (Wildman–Crippen LogP) is 4.27. The number of hydrogen-bond acceptors (Lipinski definition) is 5. The van der Waals surface area contributed by atoms with Crippen LogP contribution in [-0.4, -0.2) is 37.5 Å². The number of thioether (sulfide) groups is 1. The molecule has 1 aromatic carbocycles. The van der Waals surface area contributed by atoms with E-state index in [4.69, 9.17) is 23.2 Å². The molecule has 0 saturated heterocycles. The van der Waals surface area contributed by atoms with E-state index in [1.54, 1.807) is 12.2 Å². The van der Waals surface area contributed by atoms with E-state index in [9.17, 15) is 21.6 Å². The van der Waals surface area contributed by atoms with Gasteiger partial charge < -0.3 is 0 Å². The topological polar surface area (TPSA) is 58.9 Å². The molecule has 25 heavy (non-hydrogen) atoms. The molecule has 0 aliphatic carbocycles. The Bertz CT molecular complexity index is 889. The molecule has 0 spiro atoms. The van der Waals surface area contributed by atoms with Gasteiger partial charge in [0.05, 0.1) is 4.90 Å².